The number of hydrogen-bond donors (Lipinski definition) is 0. The Balaban J connectivity index is 2.05. The summed E-state index contributed by atoms with van der Waals surface area (Å²) >= 11 is 0. The number of hydrogen-bond acceptors (Lipinski definition) is 4. The summed E-state index contributed by atoms with van der Waals surface area (Å²) < 4.78 is 5.05. The van der Waals surface area contributed by atoms with E-state index in [4.69, 9.17) is 9.57 Å². The maximum absolute atomic E-state index is 11.3. The van der Waals surface area contributed by atoms with Gasteiger partial charge in [-0.2, -0.15) is 5.06 Å². The molecule has 1 aliphatic heterocycles. The first-order valence-corrected chi connectivity index (χ1v) is 6.14. The van der Waals surface area contributed by atoms with Crippen LogP contribution in [-0.4, -0.2) is 29.7 Å². The van der Waals surface area contributed by atoms with Gasteiger partial charge >= 0.3 is 5.97 Å². The molecule has 0 spiro atoms. The number of carbonyl (C=O) groups is 1. The monoisotopic (exact) mass is 249 g/mol. The van der Waals surface area contributed by atoms with Crippen molar-refractivity contribution in [2.24, 2.45) is 0 Å². The van der Waals surface area contributed by atoms with Gasteiger partial charge in [-0.25, -0.2) is 0 Å². The number of carbonyl (C=O) groups excluding carboxylic acids is 1. The lowest BCUT2D eigenvalue weighted by Crippen LogP contribution is -2.54. The molecule has 1 fully saturated rings. The highest BCUT2D eigenvalue weighted by Gasteiger charge is 2.37. The molecule has 1 heterocycles. The summed E-state index contributed by atoms with van der Waals surface area (Å²) in [4.78, 5) is 17.2. The summed E-state index contributed by atoms with van der Waals surface area (Å²) in [5, 5.41) is 1.72. The number of cyclic esters (lactones) is 1. The van der Waals surface area contributed by atoms with Crippen LogP contribution >= 0.6 is 0 Å². The Bertz CT molecular complexity index is 416. The number of ether oxygens (including phenoxy) is 1. The van der Waals surface area contributed by atoms with Crippen molar-refractivity contribution in [3.8, 4) is 0 Å². The molecule has 0 radical (unpaired) electrons. The number of esters is 1. The van der Waals surface area contributed by atoms with Gasteiger partial charge < -0.3 is 4.74 Å². The van der Waals surface area contributed by atoms with Gasteiger partial charge in [0.15, 0.2) is 0 Å². The van der Waals surface area contributed by atoms with Gasteiger partial charge in [-0.1, -0.05) is 30.3 Å². The predicted molar refractivity (Wildman–Crippen MR) is 67.7 cm³/mol. The number of morpholine rings is 1. The zero-order valence-corrected chi connectivity index (χ0v) is 11.1. The highest BCUT2D eigenvalue weighted by atomic mass is 16.7. The smallest absolute Gasteiger partial charge is 0.322 e. The van der Waals surface area contributed by atoms with E-state index in [2.05, 4.69) is 0 Å². The van der Waals surface area contributed by atoms with Crippen LogP contribution in [-0.2, 0) is 14.4 Å². The fraction of sp³-hybridized carbons (Fsp3) is 0.500. The number of rotatable bonds is 3. The minimum atomic E-state index is -0.295. The Morgan fingerprint density at radius 3 is 2.67 bits per heavy atom. The third-order valence-electron chi connectivity index (χ3n) is 3.09. The van der Waals surface area contributed by atoms with E-state index < -0.39 is 0 Å². The second-order valence-corrected chi connectivity index (χ2v) is 5.17. The Labute approximate surface area is 107 Å². The summed E-state index contributed by atoms with van der Waals surface area (Å²) in [6, 6.07) is 9.95. The SMILES string of the molecule is CC(ON1CC(=O)OCC1(C)C)c1ccccc1. The molecule has 2 rings (SSSR count). The number of benzene rings is 1. The van der Waals surface area contributed by atoms with E-state index in [9.17, 15) is 4.79 Å². The van der Waals surface area contributed by atoms with Crippen molar-refractivity contribution >= 4 is 5.97 Å². The molecule has 1 aromatic carbocycles. The molecule has 1 atom stereocenters. The summed E-state index contributed by atoms with van der Waals surface area (Å²) in [7, 11) is 0. The molecular weight excluding hydrogens is 230 g/mol. The molecule has 0 N–H and O–H groups in total. The molecule has 98 valence electrons. The standard InChI is InChI=1S/C14H19NO3/c1-11(12-7-5-4-6-8-12)18-15-9-13(16)17-10-14(15,2)3/h4-8,11H,9-10H2,1-3H3. The van der Waals surface area contributed by atoms with Crippen LogP contribution in [0.5, 0.6) is 0 Å². The largest absolute Gasteiger partial charge is 0.463 e. The summed E-state index contributed by atoms with van der Waals surface area (Å²) in [5.41, 5.74) is 0.795. The molecule has 4 heteroatoms. The van der Waals surface area contributed by atoms with Gasteiger partial charge in [0.25, 0.3) is 0 Å². The third kappa shape index (κ3) is 2.89. The Kier molecular flexibility index (Phi) is 3.68. The van der Waals surface area contributed by atoms with Crippen LogP contribution in [0.25, 0.3) is 0 Å². The van der Waals surface area contributed by atoms with Crippen LogP contribution in [0.2, 0.25) is 0 Å². The number of nitrogens with zero attached hydrogens (tertiary/aromatic N) is 1. The molecule has 1 aromatic rings. The van der Waals surface area contributed by atoms with Gasteiger partial charge in [-0.15, -0.1) is 0 Å². The van der Waals surface area contributed by atoms with Gasteiger partial charge in [0.2, 0.25) is 0 Å². The van der Waals surface area contributed by atoms with Gasteiger partial charge in [0.1, 0.15) is 19.3 Å². The topological polar surface area (TPSA) is 38.8 Å². The Morgan fingerprint density at radius 2 is 2.00 bits per heavy atom. The molecule has 1 saturated heterocycles. The molecular formula is C14H19NO3. The molecule has 1 aliphatic rings. The molecule has 0 aromatic heterocycles. The molecule has 0 aliphatic carbocycles. The van der Waals surface area contributed by atoms with Crippen LogP contribution in [0, 0.1) is 0 Å². The van der Waals surface area contributed by atoms with Crippen LogP contribution in [0.1, 0.15) is 32.4 Å². The normalized spacial score (nSPS) is 21.4. The average molecular weight is 249 g/mol. The van der Waals surface area contributed by atoms with Crippen LogP contribution in [0.15, 0.2) is 30.3 Å². The van der Waals surface area contributed by atoms with Crippen molar-refractivity contribution in [2.75, 3.05) is 13.2 Å². The van der Waals surface area contributed by atoms with E-state index >= 15 is 0 Å². The highest BCUT2D eigenvalue weighted by Crippen LogP contribution is 2.25. The van der Waals surface area contributed by atoms with Crippen molar-refractivity contribution < 1.29 is 14.4 Å². The van der Waals surface area contributed by atoms with E-state index in [-0.39, 0.29) is 24.2 Å². The molecule has 1 unspecified atom stereocenters. The van der Waals surface area contributed by atoms with E-state index in [0.717, 1.165) is 5.56 Å². The molecule has 18 heavy (non-hydrogen) atoms. The fourth-order valence-corrected chi connectivity index (χ4v) is 1.86. The first kappa shape index (κ1) is 13.1. The van der Waals surface area contributed by atoms with E-state index in [0.29, 0.717) is 6.61 Å². The van der Waals surface area contributed by atoms with Crippen LogP contribution in [0.4, 0.5) is 0 Å². The summed E-state index contributed by atoms with van der Waals surface area (Å²) in [6.07, 6.45) is -0.0867. The van der Waals surface area contributed by atoms with Crippen molar-refractivity contribution in [1.29, 1.82) is 0 Å². The maximum atomic E-state index is 11.3. The lowest BCUT2D eigenvalue weighted by atomic mass is 10.1. The van der Waals surface area contributed by atoms with Crippen molar-refractivity contribution in [1.82, 2.24) is 5.06 Å². The molecule has 0 saturated carbocycles. The van der Waals surface area contributed by atoms with Crippen molar-refractivity contribution in [3.05, 3.63) is 35.9 Å². The fourth-order valence-electron chi connectivity index (χ4n) is 1.86. The van der Waals surface area contributed by atoms with Gasteiger partial charge in [-0.3, -0.25) is 9.63 Å². The lowest BCUT2D eigenvalue weighted by molar-refractivity contribution is -0.269. The second-order valence-electron chi connectivity index (χ2n) is 5.17. The lowest BCUT2D eigenvalue weighted by Gasteiger charge is -2.41. The molecule has 0 bridgehead atoms. The van der Waals surface area contributed by atoms with E-state index in [1.54, 1.807) is 5.06 Å². The van der Waals surface area contributed by atoms with Gasteiger partial charge in [-0.05, 0) is 26.3 Å². The van der Waals surface area contributed by atoms with Gasteiger partial charge in [0, 0.05) is 0 Å². The van der Waals surface area contributed by atoms with Crippen molar-refractivity contribution in [3.63, 3.8) is 0 Å². The second kappa shape index (κ2) is 5.08. The zero-order chi connectivity index (χ0) is 13.2. The summed E-state index contributed by atoms with van der Waals surface area (Å²) in [6.45, 7) is 6.50. The van der Waals surface area contributed by atoms with Crippen LogP contribution < -0.4 is 0 Å². The van der Waals surface area contributed by atoms with Crippen LogP contribution in [0.3, 0.4) is 0 Å². The predicted octanol–water partition coefficient (Wildman–Crippen LogP) is 2.32. The van der Waals surface area contributed by atoms with Crippen molar-refractivity contribution in [2.45, 2.75) is 32.4 Å². The number of hydroxylamine groups is 2. The average Bonchev–Trinajstić information content (AvgIpc) is 2.35. The highest BCUT2D eigenvalue weighted by molar-refractivity contribution is 5.72. The molecule has 4 nitrogen and oxygen atoms in total. The van der Waals surface area contributed by atoms with E-state index in [1.165, 1.54) is 0 Å². The quantitative estimate of drug-likeness (QED) is 0.771. The first-order valence-electron chi connectivity index (χ1n) is 6.14. The summed E-state index contributed by atoms with van der Waals surface area (Å²) in [5.74, 6) is -0.241. The first-order chi connectivity index (χ1) is 8.49. The Hall–Kier alpha value is -1.39. The minimum absolute atomic E-state index is 0.0867. The van der Waals surface area contributed by atoms with Gasteiger partial charge in [0.05, 0.1) is 5.54 Å². The van der Waals surface area contributed by atoms with E-state index in [1.807, 2.05) is 51.1 Å². The maximum Gasteiger partial charge on any atom is 0.322 e. The third-order valence-corrected chi connectivity index (χ3v) is 3.09. The molecule has 0 amide bonds. The zero-order valence-electron chi connectivity index (χ0n) is 11.1. The Morgan fingerprint density at radius 1 is 1.33 bits per heavy atom. The minimum Gasteiger partial charge on any atom is -0.463 e.